The summed E-state index contributed by atoms with van der Waals surface area (Å²) in [7, 11) is 0.694. The lowest BCUT2D eigenvalue weighted by atomic mass is 10.1. The fourth-order valence-corrected chi connectivity index (χ4v) is 5.31. The first-order valence-electron chi connectivity index (χ1n) is 11.0. The van der Waals surface area contributed by atoms with Crippen molar-refractivity contribution in [2.24, 2.45) is 0 Å². The fourth-order valence-electron chi connectivity index (χ4n) is 3.71. The van der Waals surface area contributed by atoms with Crippen LogP contribution in [0.25, 0.3) is 0 Å². The van der Waals surface area contributed by atoms with Crippen molar-refractivity contribution < 1.29 is 4.74 Å². The standard InChI is InChI=1S/C22H45OS/c1-3-4-5-6-8-11-14-20-24(2)21-15-12-9-7-10-13-17-22-18-16-19-23-22/h22H,3-21H2,1-2H3/q+1. The van der Waals surface area contributed by atoms with Crippen molar-refractivity contribution in [2.45, 2.75) is 116 Å². The molecule has 0 aromatic heterocycles. The highest BCUT2D eigenvalue weighted by Gasteiger charge is 2.14. The molecule has 0 aromatic carbocycles. The van der Waals surface area contributed by atoms with E-state index in [-0.39, 0.29) is 0 Å². The average molecular weight is 358 g/mol. The maximum absolute atomic E-state index is 5.69. The molecule has 1 heterocycles. The molecule has 1 rings (SSSR count). The lowest BCUT2D eigenvalue weighted by Crippen LogP contribution is -2.10. The summed E-state index contributed by atoms with van der Waals surface area (Å²) < 4.78 is 5.69. The Hall–Kier alpha value is 0.310. The van der Waals surface area contributed by atoms with E-state index in [1.807, 2.05) is 0 Å². The molecular formula is C22H45OS+. The van der Waals surface area contributed by atoms with Crippen LogP contribution in [0.4, 0.5) is 0 Å². The molecule has 0 saturated carbocycles. The SMILES string of the molecule is CCCCCCCCC[S+](C)CCCCCCCCC1CCCO1. The molecule has 2 unspecified atom stereocenters. The molecule has 24 heavy (non-hydrogen) atoms. The Morgan fingerprint density at radius 1 is 0.750 bits per heavy atom. The number of ether oxygens (including phenoxy) is 1. The van der Waals surface area contributed by atoms with Gasteiger partial charge in [-0.25, -0.2) is 0 Å². The van der Waals surface area contributed by atoms with Gasteiger partial charge in [-0.3, -0.25) is 0 Å². The Morgan fingerprint density at radius 2 is 1.29 bits per heavy atom. The fraction of sp³-hybridized carbons (Fsp3) is 1.00. The zero-order valence-corrected chi connectivity index (χ0v) is 17.6. The summed E-state index contributed by atoms with van der Waals surface area (Å²) in [5.41, 5.74) is 0. The molecule has 1 aliphatic rings. The van der Waals surface area contributed by atoms with Gasteiger partial charge < -0.3 is 4.74 Å². The van der Waals surface area contributed by atoms with Crippen molar-refractivity contribution in [3.8, 4) is 0 Å². The topological polar surface area (TPSA) is 9.23 Å². The van der Waals surface area contributed by atoms with Gasteiger partial charge in [0.05, 0.1) is 12.4 Å². The molecule has 0 radical (unpaired) electrons. The normalized spacial score (nSPS) is 19.0. The van der Waals surface area contributed by atoms with E-state index in [0.29, 0.717) is 17.0 Å². The Bertz CT molecular complexity index is 250. The van der Waals surface area contributed by atoms with Crippen LogP contribution in [0.3, 0.4) is 0 Å². The maximum Gasteiger partial charge on any atom is 0.107 e. The third-order valence-electron chi connectivity index (χ3n) is 5.39. The van der Waals surface area contributed by atoms with Crippen LogP contribution in [0.1, 0.15) is 110 Å². The Morgan fingerprint density at radius 3 is 1.83 bits per heavy atom. The minimum absolute atomic E-state index is 0.610. The first-order valence-corrected chi connectivity index (χ1v) is 13.0. The quantitative estimate of drug-likeness (QED) is 0.203. The third kappa shape index (κ3) is 13.6. The average Bonchev–Trinajstić information content (AvgIpc) is 3.10. The smallest absolute Gasteiger partial charge is 0.107 e. The van der Waals surface area contributed by atoms with Gasteiger partial charge in [0.1, 0.15) is 11.5 Å². The van der Waals surface area contributed by atoms with E-state index in [0.717, 1.165) is 6.61 Å². The third-order valence-corrected chi connectivity index (χ3v) is 7.36. The van der Waals surface area contributed by atoms with Crippen LogP contribution in [0.2, 0.25) is 0 Å². The summed E-state index contributed by atoms with van der Waals surface area (Å²) >= 11 is 0. The highest BCUT2D eigenvalue weighted by atomic mass is 32.2. The molecule has 1 saturated heterocycles. The molecule has 0 amide bonds. The van der Waals surface area contributed by atoms with Crippen LogP contribution in [0.5, 0.6) is 0 Å². The monoisotopic (exact) mass is 357 g/mol. The molecule has 0 bridgehead atoms. The van der Waals surface area contributed by atoms with Gasteiger partial charge in [0.15, 0.2) is 0 Å². The van der Waals surface area contributed by atoms with Crippen molar-refractivity contribution >= 4 is 10.9 Å². The molecule has 144 valence electrons. The largest absolute Gasteiger partial charge is 0.378 e. The van der Waals surface area contributed by atoms with Crippen molar-refractivity contribution in [1.29, 1.82) is 0 Å². The van der Waals surface area contributed by atoms with Crippen LogP contribution in [0.15, 0.2) is 0 Å². The minimum atomic E-state index is 0.610. The number of hydrogen-bond donors (Lipinski definition) is 0. The lowest BCUT2D eigenvalue weighted by Gasteiger charge is -2.08. The van der Waals surface area contributed by atoms with Gasteiger partial charge in [-0.1, -0.05) is 64.7 Å². The summed E-state index contributed by atoms with van der Waals surface area (Å²) in [4.78, 5) is 0. The second-order valence-electron chi connectivity index (χ2n) is 7.86. The summed E-state index contributed by atoms with van der Waals surface area (Å²) in [6.07, 6.45) is 25.9. The highest BCUT2D eigenvalue weighted by molar-refractivity contribution is 7.96. The molecule has 2 atom stereocenters. The van der Waals surface area contributed by atoms with E-state index >= 15 is 0 Å². The van der Waals surface area contributed by atoms with E-state index < -0.39 is 0 Å². The lowest BCUT2D eigenvalue weighted by molar-refractivity contribution is 0.102. The number of hydrogen-bond acceptors (Lipinski definition) is 1. The van der Waals surface area contributed by atoms with Crippen LogP contribution in [-0.4, -0.2) is 30.5 Å². The van der Waals surface area contributed by atoms with Crippen molar-refractivity contribution in [3.63, 3.8) is 0 Å². The van der Waals surface area contributed by atoms with Crippen LogP contribution < -0.4 is 0 Å². The van der Waals surface area contributed by atoms with Gasteiger partial charge in [-0.2, -0.15) is 0 Å². The van der Waals surface area contributed by atoms with E-state index in [4.69, 9.17) is 4.74 Å². The van der Waals surface area contributed by atoms with E-state index in [9.17, 15) is 0 Å². The number of unbranched alkanes of at least 4 members (excludes halogenated alkanes) is 11. The van der Waals surface area contributed by atoms with Crippen LogP contribution in [-0.2, 0) is 15.6 Å². The molecule has 1 fully saturated rings. The Balaban J connectivity index is 1.73. The van der Waals surface area contributed by atoms with E-state index in [2.05, 4.69) is 13.2 Å². The molecule has 0 aliphatic carbocycles. The first-order chi connectivity index (χ1) is 11.8. The molecule has 0 spiro atoms. The Labute approximate surface area is 156 Å². The van der Waals surface area contributed by atoms with Gasteiger partial charge in [0, 0.05) is 6.61 Å². The minimum Gasteiger partial charge on any atom is -0.378 e. The number of rotatable bonds is 17. The molecule has 1 aliphatic heterocycles. The van der Waals surface area contributed by atoms with Crippen molar-refractivity contribution in [2.75, 3.05) is 24.4 Å². The second-order valence-corrected chi connectivity index (χ2v) is 10.2. The molecular weight excluding hydrogens is 312 g/mol. The predicted octanol–water partition coefficient (Wildman–Crippen LogP) is 6.89. The van der Waals surface area contributed by atoms with Gasteiger partial charge in [0.25, 0.3) is 0 Å². The Kier molecular flexibility index (Phi) is 15.6. The van der Waals surface area contributed by atoms with Crippen LogP contribution in [0, 0.1) is 0 Å². The van der Waals surface area contributed by atoms with Gasteiger partial charge in [0.2, 0.25) is 0 Å². The van der Waals surface area contributed by atoms with E-state index in [1.165, 1.54) is 114 Å². The molecule has 2 heteroatoms. The summed E-state index contributed by atoms with van der Waals surface area (Å²) in [5.74, 6) is 2.99. The maximum atomic E-state index is 5.69. The second kappa shape index (κ2) is 16.8. The van der Waals surface area contributed by atoms with Gasteiger partial charge in [-0.05, 0) is 55.8 Å². The summed E-state index contributed by atoms with van der Waals surface area (Å²) in [5, 5.41) is 0. The summed E-state index contributed by atoms with van der Waals surface area (Å²) in [6.45, 7) is 3.32. The molecule has 1 nitrogen and oxygen atoms in total. The zero-order chi connectivity index (χ0) is 17.3. The van der Waals surface area contributed by atoms with Crippen LogP contribution >= 0.6 is 0 Å². The first kappa shape index (κ1) is 22.4. The molecule has 0 N–H and O–H groups in total. The highest BCUT2D eigenvalue weighted by Crippen LogP contribution is 2.19. The molecule has 0 aromatic rings. The summed E-state index contributed by atoms with van der Waals surface area (Å²) in [6, 6.07) is 0. The van der Waals surface area contributed by atoms with Gasteiger partial charge >= 0.3 is 0 Å². The predicted molar refractivity (Wildman–Crippen MR) is 112 cm³/mol. The van der Waals surface area contributed by atoms with Gasteiger partial charge in [-0.15, -0.1) is 0 Å². The van der Waals surface area contributed by atoms with E-state index in [1.54, 1.807) is 0 Å². The van der Waals surface area contributed by atoms with Crippen molar-refractivity contribution in [1.82, 2.24) is 0 Å². The zero-order valence-electron chi connectivity index (χ0n) is 16.8. The van der Waals surface area contributed by atoms with Crippen molar-refractivity contribution in [3.05, 3.63) is 0 Å².